The van der Waals surface area contributed by atoms with Crippen LogP contribution in [-0.2, 0) is 20.4 Å². The summed E-state index contributed by atoms with van der Waals surface area (Å²) in [6, 6.07) is 5.49. The molecule has 0 amide bonds. The van der Waals surface area contributed by atoms with E-state index in [2.05, 4.69) is 0 Å². The van der Waals surface area contributed by atoms with E-state index in [1.165, 1.54) is 6.08 Å². The number of carbonyl (C=O) groups excluding carboxylic acids is 2. The molecule has 2 aromatic carbocycles. The molecule has 2 rings (SSSR count). The summed E-state index contributed by atoms with van der Waals surface area (Å²) in [4.78, 5) is 34.2. The third-order valence-electron chi connectivity index (χ3n) is 3.84. The highest BCUT2D eigenvalue weighted by Gasteiger charge is 2.31. The van der Waals surface area contributed by atoms with Crippen LogP contribution in [0.4, 0.5) is 18.9 Å². The van der Waals surface area contributed by atoms with Gasteiger partial charge in [0.1, 0.15) is 30.3 Å². The standard InChI is InChI=1S/C21H17ClF3NO7/c1-12(2)9-19(27)31-7-8-32-20(28)15-11-14(4-5-17(15)26(29)30)33-18-6-3-13(10-16(18)22)21(23,24)25/h3-6,9-11H,7-8H2,1-2H3. The quantitative estimate of drug-likeness (QED) is 0.154. The number of nitrogens with zero attached hydrogens (tertiary/aromatic N) is 1. The average molecular weight is 488 g/mol. The molecular weight excluding hydrogens is 471 g/mol. The lowest BCUT2D eigenvalue weighted by Crippen LogP contribution is -2.14. The second-order valence-electron chi connectivity index (χ2n) is 6.71. The fraction of sp³-hybridized carbons (Fsp3) is 0.238. The van der Waals surface area contributed by atoms with Crippen molar-refractivity contribution in [2.45, 2.75) is 20.0 Å². The van der Waals surface area contributed by atoms with Gasteiger partial charge in [0.25, 0.3) is 5.69 Å². The zero-order valence-corrected chi connectivity index (χ0v) is 18.0. The second-order valence-corrected chi connectivity index (χ2v) is 7.11. The normalized spacial score (nSPS) is 10.8. The average Bonchev–Trinajstić information content (AvgIpc) is 2.71. The molecule has 0 aliphatic carbocycles. The molecule has 12 heteroatoms. The zero-order valence-electron chi connectivity index (χ0n) is 17.3. The number of rotatable bonds is 8. The SMILES string of the molecule is CC(C)=CC(=O)OCCOC(=O)c1cc(Oc2ccc(C(F)(F)F)cc2Cl)ccc1[N+](=O)[O-]. The summed E-state index contributed by atoms with van der Waals surface area (Å²) in [5, 5.41) is 10.9. The van der Waals surface area contributed by atoms with Crippen molar-refractivity contribution < 1.29 is 41.9 Å². The van der Waals surface area contributed by atoms with Gasteiger partial charge in [-0.05, 0) is 38.1 Å². The van der Waals surface area contributed by atoms with Crippen molar-refractivity contribution in [3.8, 4) is 11.5 Å². The molecular formula is C21H17ClF3NO7. The fourth-order valence-corrected chi connectivity index (χ4v) is 2.64. The third-order valence-corrected chi connectivity index (χ3v) is 4.13. The number of ether oxygens (including phenoxy) is 3. The Bertz CT molecular complexity index is 1100. The lowest BCUT2D eigenvalue weighted by molar-refractivity contribution is -0.385. The first-order valence-electron chi connectivity index (χ1n) is 9.20. The monoisotopic (exact) mass is 487 g/mol. The topological polar surface area (TPSA) is 105 Å². The Morgan fingerprint density at radius 2 is 1.76 bits per heavy atom. The van der Waals surface area contributed by atoms with Crippen LogP contribution in [-0.4, -0.2) is 30.1 Å². The third kappa shape index (κ3) is 7.49. The molecule has 176 valence electrons. The van der Waals surface area contributed by atoms with E-state index in [1.54, 1.807) is 13.8 Å². The van der Waals surface area contributed by atoms with Crippen molar-refractivity contribution in [2.75, 3.05) is 13.2 Å². The van der Waals surface area contributed by atoms with Crippen molar-refractivity contribution >= 4 is 29.2 Å². The molecule has 33 heavy (non-hydrogen) atoms. The molecule has 0 atom stereocenters. The maximum Gasteiger partial charge on any atom is 0.416 e. The van der Waals surface area contributed by atoms with E-state index in [9.17, 15) is 32.9 Å². The van der Waals surface area contributed by atoms with Crippen LogP contribution in [0.3, 0.4) is 0 Å². The highest BCUT2D eigenvalue weighted by Crippen LogP contribution is 2.37. The number of esters is 2. The largest absolute Gasteiger partial charge is 0.459 e. The Morgan fingerprint density at radius 1 is 1.09 bits per heavy atom. The Labute approximate surface area is 190 Å². The minimum Gasteiger partial charge on any atom is -0.459 e. The van der Waals surface area contributed by atoms with Gasteiger partial charge in [0.15, 0.2) is 0 Å². The molecule has 0 saturated carbocycles. The number of alkyl halides is 3. The highest BCUT2D eigenvalue weighted by molar-refractivity contribution is 6.32. The number of benzene rings is 2. The number of hydrogen-bond donors (Lipinski definition) is 0. The molecule has 0 bridgehead atoms. The van der Waals surface area contributed by atoms with Crippen molar-refractivity contribution in [2.24, 2.45) is 0 Å². The van der Waals surface area contributed by atoms with Crippen LogP contribution in [0.2, 0.25) is 5.02 Å². The van der Waals surface area contributed by atoms with Crippen molar-refractivity contribution in [1.29, 1.82) is 0 Å². The summed E-state index contributed by atoms with van der Waals surface area (Å²) in [7, 11) is 0. The Morgan fingerprint density at radius 3 is 2.33 bits per heavy atom. The number of nitro benzene ring substituents is 1. The summed E-state index contributed by atoms with van der Waals surface area (Å²) in [5.74, 6) is -2.00. The molecule has 2 aromatic rings. The van der Waals surface area contributed by atoms with E-state index in [-0.39, 0.29) is 29.7 Å². The van der Waals surface area contributed by atoms with Gasteiger partial charge in [0.05, 0.1) is 15.5 Å². The van der Waals surface area contributed by atoms with Crippen molar-refractivity contribution in [1.82, 2.24) is 0 Å². The Hall–Kier alpha value is -3.60. The first kappa shape index (κ1) is 25.7. The minimum atomic E-state index is -4.60. The van der Waals surface area contributed by atoms with E-state index < -0.39 is 39.9 Å². The maximum absolute atomic E-state index is 12.8. The first-order chi connectivity index (χ1) is 15.4. The zero-order chi connectivity index (χ0) is 24.8. The van der Waals surface area contributed by atoms with E-state index in [0.29, 0.717) is 11.6 Å². The van der Waals surface area contributed by atoms with Crippen LogP contribution in [0, 0.1) is 10.1 Å². The molecule has 0 unspecified atom stereocenters. The molecule has 0 aliphatic heterocycles. The van der Waals surface area contributed by atoms with Gasteiger partial charge in [0.2, 0.25) is 0 Å². The number of nitro groups is 1. The van der Waals surface area contributed by atoms with Crippen LogP contribution in [0.15, 0.2) is 48.0 Å². The fourth-order valence-electron chi connectivity index (χ4n) is 2.42. The number of hydrogen-bond acceptors (Lipinski definition) is 7. The predicted octanol–water partition coefficient (Wildman–Crippen LogP) is 5.73. The molecule has 0 spiro atoms. The molecule has 0 saturated heterocycles. The van der Waals surface area contributed by atoms with E-state index in [0.717, 1.165) is 30.3 Å². The van der Waals surface area contributed by atoms with Crippen LogP contribution in [0.5, 0.6) is 11.5 Å². The molecule has 0 fully saturated rings. The van der Waals surface area contributed by atoms with Gasteiger partial charge in [-0.25, -0.2) is 9.59 Å². The Balaban J connectivity index is 2.16. The van der Waals surface area contributed by atoms with Gasteiger partial charge >= 0.3 is 18.1 Å². The van der Waals surface area contributed by atoms with E-state index in [4.69, 9.17) is 25.8 Å². The van der Waals surface area contributed by atoms with Gasteiger partial charge in [-0.3, -0.25) is 10.1 Å². The minimum absolute atomic E-state index is 0.107. The Kier molecular flexibility index (Phi) is 8.41. The van der Waals surface area contributed by atoms with Gasteiger partial charge in [-0.15, -0.1) is 0 Å². The predicted molar refractivity (Wildman–Crippen MR) is 110 cm³/mol. The first-order valence-corrected chi connectivity index (χ1v) is 9.58. The molecule has 0 N–H and O–H groups in total. The highest BCUT2D eigenvalue weighted by atomic mass is 35.5. The van der Waals surface area contributed by atoms with Gasteiger partial charge in [-0.2, -0.15) is 13.2 Å². The molecule has 0 heterocycles. The second kappa shape index (κ2) is 10.8. The lowest BCUT2D eigenvalue weighted by atomic mass is 10.1. The van der Waals surface area contributed by atoms with Crippen LogP contribution < -0.4 is 4.74 Å². The van der Waals surface area contributed by atoms with Crippen LogP contribution >= 0.6 is 11.6 Å². The lowest BCUT2D eigenvalue weighted by Gasteiger charge is -2.12. The summed E-state index contributed by atoms with van der Waals surface area (Å²) in [6.07, 6.45) is -3.37. The molecule has 8 nitrogen and oxygen atoms in total. The number of halogens is 4. The summed E-state index contributed by atoms with van der Waals surface area (Å²) >= 11 is 5.84. The summed E-state index contributed by atoms with van der Waals surface area (Å²) in [5.41, 5.74) is -1.35. The number of allylic oxidation sites excluding steroid dienone is 1. The van der Waals surface area contributed by atoms with Crippen molar-refractivity contribution in [3.05, 3.63) is 74.3 Å². The van der Waals surface area contributed by atoms with Crippen LogP contribution in [0.25, 0.3) is 0 Å². The summed E-state index contributed by atoms with van der Waals surface area (Å²) in [6.45, 7) is 2.73. The molecule has 0 aliphatic rings. The van der Waals surface area contributed by atoms with Gasteiger partial charge < -0.3 is 14.2 Å². The van der Waals surface area contributed by atoms with Gasteiger partial charge in [-0.1, -0.05) is 17.2 Å². The van der Waals surface area contributed by atoms with E-state index >= 15 is 0 Å². The maximum atomic E-state index is 12.8. The van der Waals surface area contributed by atoms with Crippen molar-refractivity contribution in [3.63, 3.8) is 0 Å². The summed E-state index contributed by atoms with van der Waals surface area (Å²) < 4.78 is 53.4. The number of carbonyl (C=O) groups is 2. The van der Waals surface area contributed by atoms with E-state index in [1.807, 2.05) is 0 Å². The molecule has 0 radical (unpaired) electrons. The smallest absolute Gasteiger partial charge is 0.416 e. The molecule has 0 aromatic heterocycles. The van der Waals surface area contributed by atoms with Crippen LogP contribution in [0.1, 0.15) is 29.8 Å². The van der Waals surface area contributed by atoms with Gasteiger partial charge in [0, 0.05) is 18.2 Å².